The minimum Gasteiger partial charge on any atom is -0.365 e. The molecule has 0 unspecified atom stereocenters. The molecule has 1 N–H and O–H groups in total. The van der Waals surface area contributed by atoms with Crippen molar-refractivity contribution >= 4 is 11.3 Å². The molecule has 3 aliphatic rings. The molecule has 13 heavy (non-hydrogen) atoms. The van der Waals surface area contributed by atoms with Crippen LogP contribution in [0.4, 0.5) is 5.69 Å². The molecule has 2 aliphatic heterocycles. The van der Waals surface area contributed by atoms with Gasteiger partial charge in [-0.2, -0.15) is 0 Å². The summed E-state index contributed by atoms with van der Waals surface area (Å²) in [5.41, 5.74) is 6.83. The van der Waals surface area contributed by atoms with E-state index in [0.717, 1.165) is 6.67 Å². The number of allylic oxidation sites excluding steroid dienone is 2. The molecule has 62 valence electrons. The molecule has 0 saturated heterocycles. The molecule has 0 aromatic heterocycles. The molecule has 2 nitrogen and oxygen atoms in total. The van der Waals surface area contributed by atoms with E-state index in [1.165, 1.54) is 28.2 Å². The monoisotopic (exact) mass is 168 g/mol. The summed E-state index contributed by atoms with van der Waals surface area (Å²) in [4.78, 5) is 2.33. The Morgan fingerprint density at radius 3 is 3.15 bits per heavy atom. The number of hydrogen-bond acceptors (Lipinski definition) is 2. The van der Waals surface area contributed by atoms with Crippen LogP contribution in [0.25, 0.3) is 5.57 Å². The lowest BCUT2D eigenvalue weighted by Crippen LogP contribution is -2.25. The quantitative estimate of drug-likeness (QED) is 0.634. The third kappa shape index (κ3) is 0.484. The van der Waals surface area contributed by atoms with Gasteiger partial charge in [-0.05, 0) is 12.1 Å². The lowest BCUT2D eigenvalue weighted by Gasteiger charge is -2.32. The first-order chi connectivity index (χ1) is 6.45. The first-order valence-electron chi connectivity index (χ1n) is 4.52. The molecular formula is C11H8N2. The molecule has 1 aromatic rings. The van der Waals surface area contributed by atoms with Gasteiger partial charge < -0.3 is 10.2 Å². The highest BCUT2D eigenvalue weighted by Crippen LogP contribution is 2.49. The van der Waals surface area contributed by atoms with Crippen molar-refractivity contribution < 1.29 is 0 Å². The standard InChI is InChI=1S/C11H8N2/c1-2-4-9-7(3-1)8-5-10-11(8)12-6-13(9)10/h1-5,12H,6H2. The van der Waals surface area contributed by atoms with Crippen molar-refractivity contribution in [2.75, 3.05) is 11.6 Å². The number of fused-ring (bicyclic) bond motifs is 3. The second-order valence-electron chi connectivity index (χ2n) is 3.60. The summed E-state index contributed by atoms with van der Waals surface area (Å²) in [7, 11) is 0. The highest BCUT2D eigenvalue weighted by Gasteiger charge is 2.38. The van der Waals surface area contributed by atoms with Gasteiger partial charge in [-0.25, -0.2) is 0 Å². The van der Waals surface area contributed by atoms with Crippen molar-refractivity contribution in [1.29, 1.82) is 0 Å². The van der Waals surface area contributed by atoms with Gasteiger partial charge in [0.1, 0.15) is 0 Å². The Labute approximate surface area is 76.2 Å². The van der Waals surface area contributed by atoms with Crippen LogP contribution >= 0.6 is 0 Å². The zero-order valence-corrected chi connectivity index (χ0v) is 7.04. The molecular weight excluding hydrogens is 160 g/mol. The average molecular weight is 168 g/mol. The van der Waals surface area contributed by atoms with E-state index in [0.29, 0.717) is 0 Å². The van der Waals surface area contributed by atoms with E-state index >= 15 is 0 Å². The molecule has 1 aromatic carbocycles. The number of rotatable bonds is 0. The predicted molar refractivity (Wildman–Crippen MR) is 51.9 cm³/mol. The van der Waals surface area contributed by atoms with Crippen molar-refractivity contribution in [2.45, 2.75) is 0 Å². The van der Waals surface area contributed by atoms with Crippen LogP contribution in [-0.4, -0.2) is 6.67 Å². The summed E-state index contributed by atoms with van der Waals surface area (Å²) in [6.45, 7) is 0.932. The summed E-state index contributed by atoms with van der Waals surface area (Å²) < 4.78 is 0. The molecule has 0 atom stereocenters. The molecule has 2 heterocycles. The van der Waals surface area contributed by atoms with Crippen molar-refractivity contribution in [3.8, 4) is 0 Å². The van der Waals surface area contributed by atoms with Gasteiger partial charge in [0.15, 0.2) is 0 Å². The van der Waals surface area contributed by atoms with Crippen LogP contribution in [0.1, 0.15) is 5.56 Å². The summed E-state index contributed by atoms with van der Waals surface area (Å²) in [5.74, 6) is 0. The van der Waals surface area contributed by atoms with Gasteiger partial charge in [-0.1, -0.05) is 18.2 Å². The molecule has 0 radical (unpaired) electrons. The Hall–Kier alpha value is -1.70. The topological polar surface area (TPSA) is 15.3 Å². The predicted octanol–water partition coefficient (Wildman–Crippen LogP) is 1.68. The van der Waals surface area contributed by atoms with Crippen molar-refractivity contribution in [3.63, 3.8) is 0 Å². The van der Waals surface area contributed by atoms with E-state index in [-0.39, 0.29) is 0 Å². The maximum atomic E-state index is 3.40. The normalized spacial score (nSPS) is 20.6. The van der Waals surface area contributed by atoms with Gasteiger partial charge in [-0.15, -0.1) is 0 Å². The lowest BCUT2D eigenvalue weighted by atomic mass is 9.88. The molecule has 0 amide bonds. The maximum absolute atomic E-state index is 3.40. The molecule has 4 bridgehead atoms. The molecule has 1 aliphatic carbocycles. The van der Waals surface area contributed by atoms with E-state index in [1.54, 1.807) is 0 Å². The second-order valence-corrected chi connectivity index (χ2v) is 3.60. The van der Waals surface area contributed by atoms with E-state index in [4.69, 9.17) is 0 Å². The number of benzene rings is 1. The molecule has 0 saturated carbocycles. The zero-order valence-electron chi connectivity index (χ0n) is 7.04. The first kappa shape index (κ1) is 5.86. The Balaban J connectivity index is 2.09. The fraction of sp³-hybridized carbons (Fsp3) is 0.0909. The lowest BCUT2D eigenvalue weighted by molar-refractivity contribution is 0.891. The molecule has 2 heteroatoms. The number of para-hydroxylation sites is 1. The fourth-order valence-corrected chi connectivity index (χ4v) is 2.35. The first-order valence-corrected chi connectivity index (χ1v) is 4.52. The van der Waals surface area contributed by atoms with E-state index in [1.807, 2.05) is 0 Å². The third-order valence-corrected chi connectivity index (χ3v) is 3.00. The molecule has 4 rings (SSSR count). The number of nitrogens with one attached hydrogen (secondary N) is 1. The van der Waals surface area contributed by atoms with Crippen molar-refractivity contribution in [2.24, 2.45) is 0 Å². The number of hydrogen-bond donors (Lipinski definition) is 1. The van der Waals surface area contributed by atoms with E-state index < -0.39 is 0 Å². The van der Waals surface area contributed by atoms with Crippen LogP contribution in [0.2, 0.25) is 0 Å². The molecule has 0 spiro atoms. The highest BCUT2D eigenvalue weighted by molar-refractivity contribution is 6.00. The number of nitrogens with zero attached hydrogens (tertiary/aromatic N) is 1. The van der Waals surface area contributed by atoms with Crippen LogP contribution in [0.3, 0.4) is 0 Å². The van der Waals surface area contributed by atoms with E-state index in [9.17, 15) is 0 Å². The van der Waals surface area contributed by atoms with Gasteiger partial charge in [0, 0.05) is 11.1 Å². The van der Waals surface area contributed by atoms with Crippen LogP contribution in [0.15, 0.2) is 41.7 Å². The summed E-state index contributed by atoms with van der Waals surface area (Å²) in [6, 6.07) is 8.58. The second kappa shape index (κ2) is 1.64. The third-order valence-electron chi connectivity index (χ3n) is 3.00. The smallest absolute Gasteiger partial charge is 0.0927 e. The van der Waals surface area contributed by atoms with Crippen LogP contribution in [0, 0.1) is 0 Å². The highest BCUT2D eigenvalue weighted by atomic mass is 15.3. The summed E-state index contributed by atoms with van der Waals surface area (Å²) in [6.07, 6.45) is 2.26. The average Bonchev–Trinajstić information content (AvgIpc) is 2.40. The minimum absolute atomic E-state index is 0.932. The van der Waals surface area contributed by atoms with Crippen LogP contribution < -0.4 is 10.2 Å². The zero-order chi connectivity index (χ0) is 8.41. The Morgan fingerprint density at radius 1 is 1.23 bits per heavy atom. The van der Waals surface area contributed by atoms with Crippen LogP contribution in [0.5, 0.6) is 0 Å². The maximum Gasteiger partial charge on any atom is 0.0927 e. The minimum atomic E-state index is 0.932. The Bertz CT molecular complexity index is 483. The SMILES string of the molecule is C1=C2C3=C1N(CN3)c1ccccc12. The summed E-state index contributed by atoms with van der Waals surface area (Å²) in [5, 5.41) is 3.40. The Morgan fingerprint density at radius 2 is 2.15 bits per heavy atom. The van der Waals surface area contributed by atoms with Gasteiger partial charge in [0.2, 0.25) is 0 Å². The van der Waals surface area contributed by atoms with Gasteiger partial charge >= 0.3 is 0 Å². The van der Waals surface area contributed by atoms with Gasteiger partial charge in [-0.3, -0.25) is 0 Å². The van der Waals surface area contributed by atoms with Crippen molar-refractivity contribution in [3.05, 3.63) is 47.3 Å². The van der Waals surface area contributed by atoms with Crippen LogP contribution in [-0.2, 0) is 0 Å². The van der Waals surface area contributed by atoms with Crippen molar-refractivity contribution in [1.82, 2.24) is 5.32 Å². The fourth-order valence-electron chi connectivity index (χ4n) is 2.35. The number of anilines is 1. The van der Waals surface area contributed by atoms with E-state index in [2.05, 4.69) is 40.6 Å². The molecule has 0 fully saturated rings. The van der Waals surface area contributed by atoms with Gasteiger partial charge in [0.25, 0.3) is 0 Å². The van der Waals surface area contributed by atoms with Gasteiger partial charge in [0.05, 0.1) is 23.8 Å². The Kier molecular flexibility index (Phi) is 0.740. The summed E-state index contributed by atoms with van der Waals surface area (Å²) >= 11 is 0. The largest absolute Gasteiger partial charge is 0.365 e.